The Morgan fingerprint density at radius 2 is 2.25 bits per heavy atom. The third-order valence-electron chi connectivity index (χ3n) is 1.75. The Hall–Kier alpha value is -1.57. The first-order valence-corrected chi connectivity index (χ1v) is 3.81. The highest BCUT2D eigenvalue weighted by atomic mass is 16.3. The van der Waals surface area contributed by atoms with Crippen molar-refractivity contribution in [3.63, 3.8) is 0 Å². The van der Waals surface area contributed by atoms with Crippen LogP contribution in [-0.2, 0) is 0 Å². The topological polar surface area (TPSA) is 26.0 Å². The Labute approximate surface area is 70.9 Å². The first kappa shape index (κ1) is 7.10. The van der Waals surface area contributed by atoms with Crippen LogP contribution >= 0.6 is 0 Å². The normalized spacial score (nSPS) is 10.1. The summed E-state index contributed by atoms with van der Waals surface area (Å²) in [5.41, 5.74) is 3.22. The second-order valence-corrected chi connectivity index (χ2v) is 2.74. The smallest absolute Gasteiger partial charge is 0.181 e. The van der Waals surface area contributed by atoms with Crippen LogP contribution in [0.2, 0.25) is 0 Å². The quantitative estimate of drug-likeness (QED) is 0.639. The fourth-order valence-electron chi connectivity index (χ4n) is 1.16. The van der Waals surface area contributed by atoms with Gasteiger partial charge in [0.25, 0.3) is 0 Å². The first-order chi connectivity index (χ1) is 5.86. The molecule has 1 aromatic heterocycles. The predicted molar refractivity (Wildman–Crippen MR) is 46.7 cm³/mol. The molecule has 1 aromatic carbocycles. The number of hydrogen-bond acceptors (Lipinski definition) is 2. The Balaban J connectivity index is 2.48. The number of benzene rings is 1. The van der Waals surface area contributed by atoms with Crippen molar-refractivity contribution >= 4 is 0 Å². The molecule has 0 N–H and O–H groups in total. The molecule has 0 unspecified atom stereocenters. The zero-order valence-corrected chi connectivity index (χ0v) is 6.82. The second kappa shape index (κ2) is 2.81. The molecule has 0 aliphatic heterocycles. The zero-order chi connectivity index (χ0) is 8.39. The summed E-state index contributed by atoms with van der Waals surface area (Å²) in [4.78, 5) is 4.06. The van der Waals surface area contributed by atoms with Crippen molar-refractivity contribution in [1.82, 2.24) is 4.98 Å². The lowest BCUT2D eigenvalue weighted by molar-refractivity contribution is 0.558. The monoisotopic (exact) mass is 159 g/mol. The molecule has 0 bridgehead atoms. The van der Waals surface area contributed by atoms with Crippen LogP contribution in [0.15, 0.2) is 41.3 Å². The molecule has 12 heavy (non-hydrogen) atoms. The van der Waals surface area contributed by atoms with Crippen LogP contribution in [0, 0.1) is 6.92 Å². The minimum atomic E-state index is 0.888. The van der Waals surface area contributed by atoms with Gasteiger partial charge in [-0.3, -0.25) is 0 Å². The van der Waals surface area contributed by atoms with Gasteiger partial charge in [0.15, 0.2) is 6.39 Å². The Morgan fingerprint density at radius 1 is 1.33 bits per heavy atom. The summed E-state index contributed by atoms with van der Waals surface area (Å²) in [6.45, 7) is 2.06. The fourth-order valence-corrected chi connectivity index (χ4v) is 1.16. The van der Waals surface area contributed by atoms with E-state index in [1.165, 1.54) is 12.0 Å². The van der Waals surface area contributed by atoms with Crippen molar-refractivity contribution in [2.75, 3.05) is 0 Å². The molecule has 0 saturated carbocycles. The van der Waals surface area contributed by atoms with Gasteiger partial charge in [-0.1, -0.05) is 23.8 Å². The summed E-state index contributed by atoms with van der Waals surface area (Å²) in [5.74, 6) is 0. The molecule has 0 fully saturated rings. The van der Waals surface area contributed by atoms with E-state index in [9.17, 15) is 0 Å². The average molecular weight is 159 g/mol. The molecule has 2 nitrogen and oxygen atoms in total. The first-order valence-electron chi connectivity index (χ1n) is 3.81. The maximum absolute atomic E-state index is 4.90. The molecule has 0 spiro atoms. The minimum absolute atomic E-state index is 0.888. The van der Waals surface area contributed by atoms with E-state index in [4.69, 9.17) is 4.42 Å². The van der Waals surface area contributed by atoms with Crippen molar-refractivity contribution in [3.05, 3.63) is 42.5 Å². The van der Waals surface area contributed by atoms with Crippen LogP contribution < -0.4 is 0 Å². The van der Waals surface area contributed by atoms with E-state index in [1.54, 1.807) is 6.26 Å². The molecule has 0 atom stereocenters. The second-order valence-electron chi connectivity index (χ2n) is 2.74. The van der Waals surface area contributed by atoms with Gasteiger partial charge in [0.05, 0.1) is 0 Å². The molecule has 0 amide bonds. The van der Waals surface area contributed by atoms with E-state index in [0.29, 0.717) is 0 Å². The van der Waals surface area contributed by atoms with Gasteiger partial charge in [-0.15, -0.1) is 0 Å². The number of aromatic nitrogens is 1. The highest BCUT2D eigenvalue weighted by Gasteiger charge is 1.98. The summed E-state index contributed by atoms with van der Waals surface area (Å²) < 4.78 is 4.90. The van der Waals surface area contributed by atoms with E-state index in [-0.39, 0.29) is 0 Å². The molecule has 60 valence electrons. The summed E-state index contributed by atoms with van der Waals surface area (Å²) in [6.07, 6.45) is 3.09. The average Bonchev–Trinajstić information content (AvgIpc) is 2.56. The lowest BCUT2D eigenvalue weighted by Crippen LogP contribution is -1.77. The molecule has 2 rings (SSSR count). The van der Waals surface area contributed by atoms with Crippen LogP contribution in [0.3, 0.4) is 0 Å². The number of hydrogen-bond donors (Lipinski definition) is 0. The van der Waals surface area contributed by atoms with Crippen molar-refractivity contribution < 1.29 is 4.42 Å². The number of oxazole rings is 1. The van der Waals surface area contributed by atoms with Crippen LogP contribution in [0.4, 0.5) is 0 Å². The fraction of sp³-hybridized carbons (Fsp3) is 0.100. The molecule has 0 aliphatic rings. The molecule has 0 radical (unpaired) electrons. The van der Waals surface area contributed by atoms with Gasteiger partial charge < -0.3 is 4.42 Å². The van der Waals surface area contributed by atoms with Gasteiger partial charge in [0, 0.05) is 5.56 Å². The lowest BCUT2D eigenvalue weighted by atomic mass is 10.1. The highest BCUT2D eigenvalue weighted by Crippen LogP contribution is 2.17. The predicted octanol–water partition coefficient (Wildman–Crippen LogP) is 2.65. The van der Waals surface area contributed by atoms with Crippen molar-refractivity contribution in [1.29, 1.82) is 0 Å². The van der Waals surface area contributed by atoms with Gasteiger partial charge in [-0.25, -0.2) is 4.98 Å². The van der Waals surface area contributed by atoms with Gasteiger partial charge >= 0.3 is 0 Å². The molecular formula is C10H9NO. The molecule has 2 aromatic rings. The largest absolute Gasteiger partial charge is 0.451 e. The van der Waals surface area contributed by atoms with Crippen LogP contribution in [0.25, 0.3) is 11.3 Å². The van der Waals surface area contributed by atoms with E-state index < -0.39 is 0 Å². The summed E-state index contributed by atoms with van der Waals surface area (Å²) in [7, 11) is 0. The number of aryl methyl sites for hydroxylation is 1. The van der Waals surface area contributed by atoms with E-state index in [2.05, 4.69) is 24.0 Å². The van der Waals surface area contributed by atoms with Gasteiger partial charge in [-0.05, 0) is 13.0 Å². The third-order valence-corrected chi connectivity index (χ3v) is 1.75. The zero-order valence-electron chi connectivity index (χ0n) is 6.82. The molecular weight excluding hydrogens is 150 g/mol. The van der Waals surface area contributed by atoms with Gasteiger partial charge in [0.2, 0.25) is 0 Å². The van der Waals surface area contributed by atoms with Gasteiger partial charge in [0.1, 0.15) is 12.0 Å². The van der Waals surface area contributed by atoms with Crippen molar-refractivity contribution in [3.8, 4) is 11.3 Å². The number of nitrogens with zero attached hydrogens (tertiary/aromatic N) is 1. The van der Waals surface area contributed by atoms with E-state index in [1.807, 2.05) is 12.1 Å². The maximum Gasteiger partial charge on any atom is 0.181 e. The highest BCUT2D eigenvalue weighted by molar-refractivity contribution is 5.58. The van der Waals surface area contributed by atoms with Crippen molar-refractivity contribution in [2.45, 2.75) is 6.92 Å². The Bertz CT molecular complexity index is 365. The van der Waals surface area contributed by atoms with Crippen LogP contribution in [0.5, 0.6) is 0 Å². The van der Waals surface area contributed by atoms with Gasteiger partial charge in [-0.2, -0.15) is 0 Å². The summed E-state index contributed by atoms with van der Waals surface area (Å²) >= 11 is 0. The SMILES string of the molecule is Cc1cccc(-c2cocn2)c1. The van der Waals surface area contributed by atoms with Crippen LogP contribution in [-0.4, -0.2) is 4.98 Å². The third kappa shape index (κ3) is 1.23. The van der Waals surface area contributed by atoms with Crippen molar-refractivity contribution in [2.24, 2.45) is 0 Å². The lowest BCUT2D eigenvalue weighted by Gasteiger charge is -1.95. The number of rotatable bonds is 1. The molecule has 0 aliphatic carbocycles. The summed E-state index contributed by atoms with van der Waals surface area (Å²) in [5, 5.41) is 0. The Morgan fingerprint density at radius 3 is 2.92 bits per heavy atom. The Kier molecular flexibility index (Phi) is 1.67. The molecule has 0 saturated heterocycles. The summed E-state index contributed by atoms with van der Waals surface area (Å²) in [6, 6.07) is 8.17. The minimum Gasteiger partial charge on any atom is -0.451 e. The standard InChI is InChI=1S/C10H9NO/c1-8-3-2-4-9(5-8)10-6-12-7-11-10/h2-7H,1H3. The van der Waals surface area contributed by atoms with Crippen LogP contribution in [0.1, 0.15) is 5.56 Å². The van der Waals surface area contributed by atoms with E-state index in [0.717, 1.165) is 11.3 Å². The maximum atomic E-state index is 4.90. The molecule has 1 heterocycles. The van der Waals surface area contributed by atoms with E-state index >= 15 is 0 Å². The molecule has 2 heteroatoms.